The van der Waals surface area contributed by atoms with Crippen LogP contribution in [0, 0.1) is 6.92 Å². The molecule has 3 rings (SSSR count). The van der Waals surface area contributed by atoms with Gasteiger partial charge in [-0.05, 0) is 49.7 Å². The molecular formula is C23H26ClN3O2. The fraction of sp³-hybridized carbons (Fsp3) is 0.304. The number of benzene rings is 2. The maximum absolute atomic E-state index is 12.4. The van der Waals surface area contributed by atoms with Crippen molar-refractivity contribution in [2.75, 3.05) is 6.54 Å². The van der Waals surface area contributed by atoms with E-state index in [0.717, 1.165) is 23.4 Å². The van der Waals surface area contributed by atoms with Crippen molar-refractivity contribution in [2.24, 2.45) is 0 Å². The van der Waals surface area contributed by atoms with E-state index >= 15 is 0 Å². The molecule has 0 spiro atoms. The van der Waals surface area contributed by atoms with Crippen molar-refractivity contribution in [1.29, 1.82) is 0 Å². The Labute approximate surface area is 176 Å². The predicted molar refractivity (Wildman–Crippen MR) is 116 cm³/mol. The average Bonchev–Trinajstić information content (AvgIpc) is 3.04. The summed E-state index contributed by atoms with van der Waals surface area (Å²) in [7, 11) is 0. The average molecular weight is 412 g/mol. The minimum atomic E-state index is 0.121. The van der Waals surface area contributed by atoms with Crippen LogP contribution in [-0.2, 0) is 11.3 Å². The van der Waals surface area contributed by atoms with E-state index in [9.17, 15) is 4.79 Å². The smallest absolute Gasteiger partial charge is 0.227 e. The summed E-state index contributed by atoms with van der Waals surface area (Å²) in [5.41, 5.74) is 2.64. The molecule has 1 heterocycles. The van der Waals surface area contributed by atoms with Crippen LogP contribution in [0.3, 0.4) is 0 Å². The van der Waals surface area contributed by atoms with Gasteiger partial charge in [-0.15, -0.1) is 0 Å². The molecule has 0 N–H and O–H groups in total. The molecule has 0 aliphatic heterocycles. The summed E-state index contributed by atoms with van der Waals surface area (Å²) in [6, 6.07) is 17.1. The van der Waals surface area contributed by atoms with Crippen LogP contribution in [0.1, 0.15) is 37.9 Å². The van der Waals surface area contributed by atoms with E-state index in [0.29, 0.717) is 36.2 Å². The Hall–Kier alpha value is -2.79. The molecule has 152 valence electrons. The van der Waals surface area contributed by atoms with Gasteiger partial charge in [-0.3, -0.25) is 4.79 Å². The number of hydrogen-bond donors (Lipinski definition) is 0. The van der Waals surface area contributed by atoms with Gasteiger partial charge in [0, 0.05) is 18.0 Å². The highest BCUT2D eigenvalue weighted by atomic mass is 35.5. The number of ether oxygens (including phenoxy) is 1. The molecule has 3 aromatic rings. The lowest BCUT2D eigenvalue weighted by molar-refractivity contribution is -0.131. The summed E-state index contributed by atoms with van der Waals surface area (Å²) in [6.07, 6.45) is 1.37. The zero-order chi connectivity index (χ0) is 20.8. The molecule has 0 aliphatic rings. The first kappa shape index (κ1) is 20.9. The largest absolute Gasteiger partial charge is 0.439 e. The quantitative estimate of drug-likeness (QED) is 0.472. The van der Waals surface area contributed by atoms with E-state index in [1.165, 1.54) is 0 Å². The Morgan fingerprint density at radius 2 is 1.79 bits per heavy atom. The molecule has 6 heteroatoms. The van der Waals surface area contributed by atoms with E-state index in [2.05, 4.69) is 6.92 Å². The highest BCUT2D eigenvalue weighted by Gasteiger charge is 2.22. The molecular weight excluding hydrogens is 386 g/mol. The summed E-state index contributed by atoms with van der Waals surface area (Å²) in [6.45, 7) is 7.06. The number of nitrogens with zero attached hydrogens (tertiary/aromatic N) is 3. The molecule has 5 nitrogen and oxygen atoms in total. The number of carbonyl (C=O) groups is 1. The number of para-hydroxylation sites is 1. The van der Waals surface area contributed by atoms with Crippen molar-refractivity contribution in [3.63, 3.8) is 0 Å². The normalized spacial score (nSPS) is 10.8. The number of rotatable bonds is 8. The zero-order valence-corrected chi connectivity index (χ0v) is 17.8. The fourth-order valence-corrected chi connectivity index (χ4v) is 3.29. The second-order valence-corrected chi connectivity index (χ2v) is 7.28. The van der Waals surface area contributed by atoms with Gasteiger partial charge in [0.15, 0.2) is 0 Å². The SMILES string of the molecule is CCCN(Cc1c(C)nn(-c2ccccc2)c1Oc1ccc(Cl)cc1)C(=O)CC. The van der Waals surface area contributed by atoms with Crippen molar-refractivity contribution in [3.05, 3.63) is 70.9 Å². The third-order valence-electron chi connectivity index (χ3n) is 4.66. The first-order valence-corrected chi connectivity index (χ1v) is 10.3. The Morgan fingerprint density at radius 3 is 2.41 bits per heavy atom. The zero-order valence-electron chi connectivity index (χ0n) is 17.1. The van der Waals surface area contributed by atoms with Crippen LogP contribution in [0.2, 0.25) is 5.02 Å². The minimum Gasteiger partial charge on any atom is -0.439 e. The van der Waals surface area contributed by atoms with Gasteiger partial charge < -0.3 is 9.64 Å². The van der Waals surface area contributed by atoms with Crippen LogP contribution in [0.15, 0.2) is 54.6 Å². The summed E-state index contributed by atoms with van der Waals surface area (Å²) in [5.74, 6) is 1.40. The highest BCUT2D eigenvalue weighted by Crippen LogP contribution is 2.32. The molecule has 0 atom stereocenters. The van der Waals surface area contributed by atoms with Crippen LogP contribution >= 0.6 is 11.6 Å². The van der Waals surface area contributed by atoms with Gasteiger partial charge in [0.2, 0.25) is 11.8 Å². The van der Waals surface area contributed by atoms with Crippen molar-refractivity contribution in [3.8, 4) is 17.3 Å². The van der Waals surface area contributed by atoms with Crippen molar-refractivity contribution < 1.29 is 9.53 Å². The Balaban J connectivity index is 2.05. The molecule has 1 aromatic heterocycles. The van der Waals surface area contributed by atoms with E-state index in [1.807, 2.05) is 61.2 Å². The third kappa shape index (κ3) is 4.98. The van der Waals surface area contributed by atoms with Crippen molar-refractivity contribution in [2.45, 2.75) is 40.2 Å². The van der Waals surface area contributed by atoms with E-state index in [-0.39, 0.29) is 5.91 Å². The molecule has 1 amide bonds. The maximum atomic E-state index is 12.4. The molecule has 2 aromatic carbocycles. The van der Waals surface area contributed by atoms with Gasteiger partial charge in [0.05, 0.1) is 23.5 Å². The van der Waals surface area contributed by atoms with Gasteiger partial charge in [0.25, 0.3) is 0 Å². The second kappa shape index (κ2) is 9.61. The van der Waals surface area contributed by atoms with Crippen molar-refractivity contribution in [1.82, 2.24) is 14.7 Å². The Bertz CT molecular complexity index is 952. The van der Waals surface area contributed by atoms with Gasteiger partial charge in [0.1, 0.15) is 5.75 Å². The number of halogens is 1. The lowest BCUT2D eigenvalue weighted by Gasteiger charge is -2.22. The van der Waals surface area contributed by atoms with Crippen LogP contribution < -0.4 is 4.74 Å². The molecule has 0 saturated heterocycles. The first-order valence-electron chi connectivity index (χ1n) is 9.88. The van der Waals surface area contributed by atoms with Gasteiger partial charge >= 0.3 is 0 Å². The molecule has 29 heavy (non-hydrogen) atoms. The number of amides is 1. The summed E-state index contributed by atoms with van der Waals surface area (Å²) in [4.78, 5) is 14.3. The van der Waals surface area contributed by atoms with Crippen molar-refractivity contribution >= 4 is 17.5 Å². The molecule has 0 radical (unpaired) electrons. The summed E-state index contributed by atoms with van der Waals surface area (Å²) < 4.78 is 8.06. The lowest BCUT2D eigenvalue weighted by atomic mass is 10.2. The number of carbonyl (C=O) groups excluding carboxylic acids is 1. The van der Waals surface area contributed by atoms with Crippen LogP contribution in [0.5, 0.6) is 11.6 Å². The third-order valence-corrected chi connectivity index (χ3v) is 4.92. The van der Waals surface area contributed by atoms with E-state index in [4.69, 9.17) is 21.4 Å². The topological polar surface area (TPSA) is 47.4 Å². The summed E-state index contributed by atoms with van der Waals surface area (Å²) in [5, 5.41) is 5.37. The Kier molecular flexibility index (Phi) is 6.94. The molecule has 0 bridgehead atoms. The maximum Gasteiger partial charge on any atom is 0.227 e. The Morgan fingerprint density at radius 1 is 1.10 bits per heavy atom. The molecule has 0 unspecified atom stereocenters. The second-order valence-electron chi connectivity index (χ2n) is 6.84. The highest BCUT2D eigenvalue weighted by molar-refractivity contribution is 6.30. The molecule has 0 saturated carbocycles. The summed E-state index contributed by atoms with van der Waals surface area (Å²) >= 11 is 6.01. The first-order chi connectivity index (χ1) is 14.0. The number of hydrogen-bond acceptors (Lipinski definition) is 3. The molecule has 0 aliphatic carbocycles. The van der Waals surface area contributed by atoms with Crippen LogP contribution in [0.25, 0.3) is 5.69 Å². The van der Waals surface area contributed by atoms with Gasteiger partial charge in [-0.25, -0.2) is 4.68 Å². The predicted octanol–water partition coefficient (Wildman–Crippen LogP) is 5.78. The minimum absolute atomic E-state index is 0.121. The van der Waals surface area contributed by atoms with Gasteiger partial charge in [-0.1, -0.05) is 43.6 Å². The van der Waals surface area contributed by atoms with E-state index < -0.39 is 0 Å². The number of aryl methyl sites for hydroxylation is 1. The van der Waals surface area contributed by atoms with Crippen LogP contribution in [-0.4, -0.2) is 27.1 Å². The molecule has 0 fully saturated rings. The standard InChI is InChI=1S/C23H26ClN3O2/c1-4-15-26(22(28)5-2)16-21-17(3)25-27(19-9-7-6-8-10-19)23(21)29-20-13-11-18(24)12-14-20/h6-14H,4-5,15-16H2,1-3H3. The number of aromatic nitrogens is 2. The lowest BCUT2D eigenvalue weighted by Crippen LogP contribution is -2.30. The fourth-order valence-electron chi connectivity index (χ4n) is 3.16. The van der Waals surface area contributed by atoms with E-state index in [1.54, 1.807) is 16.8 Å². The van der Waals surface area contributed by atoms with Gasteiger partial charge in [-0.2, -0.15) is 5.10 Å². The monoisotopic (exact) mass is 411 g/mol. The van der Waals surface area contributed by atoms with Crippen LogP contribution in [0.4, 0.5) is 0 Å².